The van der Waals surface area contributed by atoms with E-state index in [1.165, 1.54) is 0 Å². The first-order valence-electron chi connectivity index (χ1n) is 6.34. The molecule has 98 valence electrons. The Labute approximate surface area is 109 Å². The Morgan fingerprint density at radius 1 is 1.39 bits per heavy atom. The van der Waals surface area contributed by atoms with Gasteiger partial charge in [0.15, 0.2) is 5.69 Å². The van der Waals surface area contributed by atoms with Crippen LogP contribution in [0, 0.1) is 11.3 Å². The summed E-state index contributed by atoms with van der Waals surface area (Å²) < 4.78 is 0. The number of hydrogen-bond acceptors (Lipinski definition) is 5. The van der Waals surface area contributed by atoms with Crippen molar-refractivity contribution in [2.75, 3.05) is 37.2 Å². The van der Waals surface area contributed by atoms with Gasteiger partial charge in [-0.15, -0.1) is 0 Å². The van der Waals surface area contributed by atoms with Gasteiger partial charge in [0.25, 0.3) is 0 Å². The van der Waals surface area contributed by atoms with Gasteiger partial charge in [-0.2, -0.15) is 5.26 Å². The van der Waals surface area contributed by atoms with E-state index >= 15 is 0 Å². The molecule has 0 unspecified atom stereocenters. The number of rotatable bonds is 7. The highest BCUT2D eigenvalue weighted by Crippen LogP contribution is 2.11. The molecule has 0 saturated heterocycles. The second-order valence-electron chi connectivity index (χ2n) is 4.05. The van der Waals surface area contributed by atoms with Crippen molar-refractivity contribution in [3.63, 3.8) is 0 Å². The Bertz CT molecular complexity index is 406. The van der Waals surface area contributed by atoms with Gasteiger partial charge in [0.2, 0.25) is 0 Å². The molecule has 0 aromatic carbocycles. The van der Waals surface area contributed by atoms with Crippen molar-refractivity contribution in [1.29, 1.82) is 5.26 Å². The van der Waals surface area contributed by atoms with Crippen molar-refractivity contribution in [2.45, 2.75) is 20.3 Å². The van der Waals surface area contributed by atoms with Crippen molar-refractivity contribution in [3.05, 3.63) is 17.8 Å². The molecule has 0 radical (unpaired) electrons. The van der Waals surface area contributed by atoms with Gasteiger partial charge in [-0.05, 0) is 38.2 Å². The summed E-state index contributed by atoms with van der Waals surface area (Å²) >= 11 is 0. The maximum Gasteiger partial charge on any atom is 0.165 e. The van der Waals surface area contributed by atoms with Gasteiger partial charge in [-0.1, -0.05) is 13.8 Å². The summed E-state index contributed by atoms with van der Waals surface area (Å²) in [6.45, 7) is 8.40. The number of nitriles is 1. The molecule has 5 heteroatoms. The number of aromatic nitrogens is 1. The van der Waals surface area contributed by atoms with Crippen LogP contribution in [0.25, 0.3) is 0 Å². The zero-order valence-corrected chi connectivity index (χ0v) is 11.1. The van der Waals surface area contributed by atoms with Gasteiger partial charge in [-0.25, -0.2) is 4.98 Å². The minimum atomic E-state index is 0.281. The summed E-state index contributed by atoms with van der Waals surface area (Å²) in [5, 5.41) is 12.0. The monoisotopic (exact) mass is 247 g/mol. The van der Waals surface area contributed by atoms with Gasteiger partial charge < -0.3 is 16.0 Å². The molecule has 0 spiro atoms. The summed E-state index contributed by atoms with van der Waals surface area (Å²) in [6, 6.07) is 5.48. The van der Waals surface area contributed by atoms with Crippen LogP contribution in [0.1, 0.15) is 26.0 Å². The van der Waals surface area contributed by atoms with Gasteiger partial charge in [0, 0.05) is 6.54 Å². The van der Waals surface area contributed by atoms with Crippen molar-refractivity contribution in [2.24, 2.45) is 0 Å². The molecule has 1 aromatic rings. The van der Waals surface area contributed by atoms with E-state index in [0.717, 1.165) is 32.6 Å². The van der Waals surface area contributed by atoms with Crippen LogP contribution in [0.3, 0.4) is 0 Å². The van der Waals surface area contributed by atoms with E-state index in [1.54, 1.807) is 12.1 Å². The van der Waals surface area contributed by atoms with E-state index in [1.807, 2.05) is 6.07 Å². The number of hydrogen-bond donors (Lipinski definition) is 2. The van der Waals surface area contributed by atoms with Crippen LogP contribution in [-0.4, -0.2) is 36.1 Å². The molecular weight excluding hydrogens is 226 g/mol. The van der Waals surface area contributed by atoms with E-state index in [2.05, 4.69) is 29.0 Å². The van der Waals surface area contributed by atoms with Gasteiger partial charge in [-0.3, -0.25) is 0 Å². The number of nitrogen functional groups attached to an aromatic ring is 1. The molecule has 1 rings (SSSR count). The third-order valence-corrected chi connectivity index (χ3v) is 2.88. The lowest BCUT2D eigenvalue weighted by molar-refractivity contribution is 0.303. The van der Waals surface area contributed by atoms with Crippen LogP contribution in [0.2, 0.25) is 0 Å². The summed E-state index contributed by atoms with van der Waals surface area (Å²) in [4.78, 5) is 6.51. The number of nitrogens with two attached hydrogens (primary N) is 1. The van der Waals surface area contributed by atoms with E-state index in [9.17, 15) is 0 Å². The van der Waals surface area contributed by atoms with Crippen LogP contribution in [0.15, 0.2) is 12.1 Å². The second-order valence-corrected chi connectivity index (χ2v) is 4.05. The maximum absolute atomic E-state index is 8.82. The highest BCUT2D eigenvalue weighted by atomic mass is 15.1. The SMILES string of the molecule is CCN(CC)CCCNc1ccc(N)c(C#N)n1. The first-order chi connectivity index (χ1) is 8.71. The molecule has 18 heavy (non-hydrogen) atoms. The molecule has 1 heterocycles. The lowest BCUT2D eigenvalue weighted by Gasteiger charge is -2.17. The Hall–Kier alpha value is -1.80. The fraction of sp³-hybridized carbons (Fsp3) is 0.538. The highest BCUT2D eigenvalue weighted by Gasteiger charge is 2.02. The first kappa shape index (κ1) is 14.3. The van der Waals surface area contributed by atoms with Crippen molar-refractivity contribution < 1.29 is 0 Å². The topological polar surface area (TPSA) is 78.0 Å². The fourth-order valence-corrected chi connectivity index (χ4v) is 1.72. The van der Waals surface area contributed by atoms with Gasteiger partial charge >= 0.3 is 0 Å². The fourth-order valence-electron chi connectivity index (χ4n) is 1.72. The minimum Gasteiger partial charge on any atom is -0.396 e. The van der Waals surface area contributed by atoms with Crippen LogP contribution < -0.4 is 11.1 Å². The van der Waals surface area contributed by atoms with Gasteiger partial charge in [0.05, 0.1) is 5.69 Å². The molecule has 3 N–H and O–H groups in total. The molecule has 1 aromatic heterocycles. The Morgan fingerprint density at radius 3 is 2.72 bits per heavy atom. The predicted molar refractivity (Wildman–Crippen MR) is 74.3 cm³/mol. The number of anilines is 2. The standard InChI is InChI=1S/C13H21N5/c1-3-18(4-2)9-5-8-16-13-7-6-11(15)12(10-14)17-13/h6-7H,3-5,8-9,15H2,1-2H3,(H,16,17). The Morgan fingerprint density at radius 2 is 2.11 bits per heavy atom. The lowest BCUT2D eigenvalue weighted by atomic mass is 10.3. The molecule has 0 amide bonds. The smallest absolute Gasteiger partial charge is 0.165 e. The van der Waals surface area contributed by atoms with E-state index < -0.39 is 0 Å². The van der Waals surface area contributed by atoms with Crippen molar-refractivity contribution in [3.8, 4) is 6.07 Å². The number of nitrogens with zero attached hydrogens (tertiary/aromatic N) is 3. The van der Waals surface area contributed by atoms with E-state index in [0.29, 0.717) is 11.5 Å². The van der Waals surface area contributed by atoms with Crippen LogP contribution in [-0.2, 0) is 0 Å². The molecule has 0 atom stereocenters. The molecule has 0 aliphatic carbocycles. The second kappa shape index (κ2) is 7.51. The van der Waals surface area contributed by atoms with Crippen LogP contribution in [0.5, 0.6) is 0 Å². The van der Waals surface area contributed by atoms with E-state index in [4.69, 9.17) is 11.0 Å². The summed E-state index contributed by atoms with van der Waals surface area (Å²) in [5.41, 5.74) is 6.31. The summed E-state index contributed by atoms with van der Waals surface area (Å²) in [7, 11) is 0. The number of pyridine rings is 1. The molecule has 0 saturated carbocycles. The first-order valence-corrected chi connectivity index (χ1v) is 6.34. The molecule has 0 bridgehead atoms. The Kier molecular flexibility index (Phi) is 5.95. The zero-order chi connectivity index (χ0) is 13.4. The predicted octanol–water partition coefficient (Wildman–Crippen LogP) is 1.68. The maximum atomic E-state index is 8.82. The molecular formula is C13H21N5. The highest BCUT2D eigenvalue weighted by molar-refractivity contribution is 5.54. The van der Waals surface area contributed by atoms with Crippen LogP contribution in [0.4, 0.5) is 11.5 Å². The molecule has 0 aliphatic heterocycles. The average molecular weight is 247 g/mol. The lowest BCUT2D eigenvalue weighted by Crippen LogP contribution is -2.25. The third-order valence-electron chi connectivity index (χ3n) is 2.88. The molecule has 0 fully saturated rings. The van der Waals surface area contributed by atoms with Crippen LogP contribution >= 0.6 is 0 Å². The summed E-state index contributed by atoms with van der Waals surface area (Å²) in [6.07, 6.45) is 1.05. The van der Waals surface area contributed by atoms with Gasteiger partial charge in [0.1, 0.15) is 11.9 Å². The average Bonchev–Trinajstić information content (AvgIpc) is 2.40. The largest absolute Gasteiger partial charge is 0.396 e. The zero-order valence-electron chi connectivity index (χ0n) is 11.1. The Balaban J connectivity index is 2.38. The van der Waals surface area contributed by atoms with E-state index in [-0.39, 0.29) is 5.69 Å². The van der Waals surface area contributed by atoms with Crippen molar-refractivity contribution in [1.82, 2.24) is 9.88 Å². The number of nitrogens with one attached hydrogen (secondary N) is 1. The third kappa shape index (κ3) is 4.22. The molecule has 5 nitrogen and oxygen atoms in total. The normalized spacial score (nSPS) is 10.3. The molecule has 0 aliphatic rings. The summed E-state index contributed by atoms with van der Waals surface area (Å²) in [5.74, 6) is 0.709. The van der Waals surface area contributed by atoms with Crippen molar-refractivity contribution >= 4 is 11.5 Å². The minimum absolute atomic E-state index is 0.281. The quantitative estimate of drug-likeness (QED) is 0.717.